The molecule has 172 valence electrons. The lowest BCUT2D eigenvalue weighted by Gasteiger charge is -2.35. The van der Waals surface area contributed by atoms with Crippen LogP contribution in [0.25, 0.3) is 21.9 Å². The summed E-state index contributed by atoms with van der Waals surface area (Å²) in [7, 11) is 3.19. The standard InChI is InChI=1S/C25H29N5O3/c1-16-12-29(13-17(2)33-16)15-21-26-23-22(24(31)28(4)25(32)27(23)3)30(21)14-19-10-7-9-18-8-5-6-11-20(18)19/h5-11,16-17H,12-15H2,1-4H3/t16-,17+. The van der Waals surface area contributed by atoms with E-state index in [1.807, 2.05) is 22.8 Å². The Bertz CT molecular complexity index is 1450. The molecule has 5 rings (SSSR count). The molecule has 0 radical (unpaired) electrons. The molecule has 2 aromatic carbocycles. The molecule has 33 heavy (non-hydrogen) atoms. The van der Waals surface area contributed by atoms with Gasteiger partial charge in [0.15, 0.2) is 11.2 Å². The second kappa shape index (κ2) is 8.28. The molecule has 1 aliphatic rings. The maximum atomic E-state index is 13.2. The number of fused-ring (bicyclic) bond motifs is 2. The average molecular weight is 448 g/mol. The van der Waals surface area contributed by atoms with Gasteiger partial charge in [0.1, 0.15) is 5.82 Å². The zero-order valence-electron chi connectivity index (χ0n) is 19.5. The molecular weight excluding hydrogens is 418 g/mol. The first-order valence-electron chi connectivity index (χ1n) is 11.3. The number of morpholine rings is 1. The summed E-state index contributed by atoms with van der Waals surface area (Å²) in [5.41, 5.74) is 1.29. The maximum Gasteiger partial charge on any atom is 0.332 e. The molecule has 1 saturated heterocycles. The second-order valence-corrected chi connectivity index (χ2v) is 9.08. The van der Waals surface area contributed by atoms with Crippen molar-refractivity contribution in [1.82, 2.24) is 23.6 Å². The number of hydrogen-bond donors (Lipinski definition) is 0. The van der Waals surface area contributed by atoms with Crippen LogP contribution in [0.5, 0.6) is 0 Å². The van der Waals surface area contributed by atoms with Crippen LogP contribution < -0.4 is 11.2 Å². The first kappa shape index (κ1) is 21.6. The van der Waals surface area contributed by atoms with E-state index in [0.29, 0.717) is 24.3 Å². The van der Waals surface area contributed by atoms with Crippen molar-refractivity contribution in [2.45, 2.75) is 39.1 Å². The fourth-order valence-electron chi connectivity index (χ4n) is 5.00. The third-order valence-corrected chi connectivity index (χ3v) is 6.50. The minimum Gasteiger partial charge on any atom is -0.373 e. The van der Waals surface area contributed by atoms with Gasteiger partial charge in [-0.05, 0) is 30.2 Å². The van der Waals surface area contributed by atoms with E-state index in [0.717, 1.165) is 39.8 Å². The SMILES string of the molecule is C[C@@H]1CN(Cc2nc3c(c(=O)n(C)c(=O)n3C)n2Cc2cccc3ccccc23)C[C@H](C)O1. The van der Waals surface area contributed by atoms with Crippen molar-refractivity contribution in [3.05, 3.63) is 74.7 Å². The van der Waals surface area contributed by atoms with Gasteiger partial charge < -0.3 is 9.30 Å². The lowest BCUT2D eigenvalue weighted by Crippen LogP contribution is -2.45. The van der Waals surface area contributed by atoms with E-state index in [-0.39, 0.29) is 23.5 Å². The predicted octanol–water partition coefficient (Wildman–Crippen LogP) is 2.24. The fourth-order valence-corrected chi connectivity index (χ4v) is 5.00. The zero-order chi connectivity index (χ0) is 23.3. The summed E-state index contributed by atoms with van der Waals surface area (Å²) in [5, 5.41) is 2.29. The Labute approximate surface area is 191 Å². The largest absolute Gasteiger partial charge is 0.373 e. The molecule has 0 amide bonds. The fraction of sp³-hybridized carbons (Fsp3) is 0.400. The lowest BCUT2D eigenvalue weighted by atomic mass is 10.0. The summed E-state index contributed by atoms with van der Waals surface area (Å²) in [5.74, 6) is 0.775. The molecule has 0 aliphatic carbocycles. The lowest BCUT2D eigenvalue weighted by molar-refractivity contribution is -0.0712. The number of ether oxygens (including phenoxy) is 1. The van der Waals surface area contributed by atoms with Crippen LogP contribution in [0.1, 0.15) is 25.2 Å². The molecule has 0 bridgehead atoms. The number of benzene rings is 2. The molecule has 1 fully saturated rings. The van der Waals surface area contributed by atoms with Gasteiger partial charge in [0.2, 0.25) is 0 Å². The Morgan fingerprint density at radius 1 is 0.939 bits per heavy atom. The van der Waals surface area contributed by atoms with E-state index in [4.69, 9.17) is 9.72 Å². The van der Waals surface area contributed by atoms with Gasteiger partial charge in [-0.3, -0.25) is 18.8 Å². The van der Waals surface area contributed by atoms with Crippen molar-refractivity contribution in [2.24, 2.45) is 14.1 Å². The number of aromatic nitrogens is 4. The topological polar surface area (TPSA) is 74.3 Å². The van der Waals surface area contributed by atoms with Crippen molar-refractivity contribution in [1.29, 1.82) is 0 Å². The van der Waals surface area contributed by atoms with Crippen LogP contribution in [-0.4, -0.2) is 48.9 Å². The molecule has 2 atom stereocenters. The molecular formula is C25H29N5O3. The van der Waals surface area contributed by atoms with Gasteiger partial charge in [-0.2, -0.15) is 0 Å². The summed E-state index contributed by atoms with van der Waals surface area (Å²) in [4.78, 5) is 33.0. The normalized spacial score (nSPS) is 19.5. The Kier molecular flexibility index (Phi) is 5.42. The van der Waals surface area contributed by atoms with Gasteiger partial charge in [0.25, 0.3) is 5.56 Å². The molecule has 8 heteroatoms. The molecule has 4 aromatic rings. The van der Waals surface area contributed by atoms with Crippen LogP contribution in [0.15, 0.2) is 52.1 Å². The highest BCUT2D eigenvalue weighted by Gasteiger charge is 2.26. The van der Waals surface area contributed by atoms with E-state index in [1.54, 1.807) is 7.05 Å². The summed E-state index contributed by atoms with van der Waals surface area (Å²) in [6, 6.07) is 14.5. The third kappa shape index (κ3) is 3.79. The highest BCUT2D eigenvalue weighted by Crippen LogP contribution is 2.23. The minimum absolute atomic E-state index is 0.127. The van der Waals surface area contributed by atoms with Crippen LogP contribution in [0.2, 0.25) is 0 Å². The van der Waals surface area contributed by atoms with Gasteiger partial charge in [-0.15, -0.1) is 0 Å². The van der Waals surface area contributed by atoms with Crippen LogP contribution in [0.3, 0.4) is 0 Å². The smallest absolute Gasteiger partial charge is 0.332 e. The van der Waals surface area contributed by atoms with Crippen LogP contribution in [0.4, 0.5) is 0 Å². The molecule has 2 aromatic heterocycles. The third-order valence-electron chi connectivity index (χ3n) is 6.50. The van der Waals surface area contributed by atoms with E-state index in [2.05, 4.69) is 43.0 Å². The van der Waals surface area contributed by atoms with E-state index in [9.17, 15) is 9.59 Å². The summed E-state index contributed by atoms with van der Waals surface area (Å²) in [6.07, 6.45) is 0.253. The molecule has 0 N–H and O–H groups in total. The molecule has 0 saturated carbocycles. The van der Waals surface area contributed by atoms with Gasteiger partial charge in [0, 0.05) is 27.2 Å². The van der Waals surface area contributed by atoms with Crippen molar-refractivity contribution in [2.75, 3.05) is 13.1 Å². The van der Waals surface area contributed by atoms with E-state index in [1.165, 1.54) is 11.6 Å². The Morgan fingerprint density at radius 3 is 2.39 bits per heavy atom. The molecule has 3 heterocycles. The number of hydrogen-bond acceptors (Lipinski definition) is 5. The van der Waals surface area contributed by atoms with Crippen molar-refractivity contribution in [3.8, 4) is 0 Å². The monoisotopic (exact) mass is 447 g/mol. The first-order chi connectivity index (χ1) is 15.8. The quantitative estimate of drug-likeness (QED) is 0.480. The van der Waals surface area contributed by atoms with Gasteiger partial charge >= 0.3 is 5.69 Å². The summed E-state index contributed by atoms with van der Waals surface area (Å²) >= 11 is 0. The highest BCUT2D eigenvalue weighted by atomic mass is 16.5. The van der Waals surface area contributed by atoms with Crippen molar-refractivity contribution >= 4 is 21.9 Å². The summed E-state index contributed by atoms with van der Waals surface area (Å²) in [6.45, 7) is 6.80. The number of nitrogens with zero attached hydrogens (tertiary/aromatic N) is 5. The number of imidazole rings is 1. The Balaban J connectivity index is 1.69. The molecule has 0 spiro atoms. The van der Waals surface area contributed by atoms with Crippen molar-refractivity contribution < 1.29 is 4.74 Å². The molecule has 8 nitrogen and oxygen atoms in total. The van der Waals surface area contributed by atoms with Gasteiger partial charge in [-0.25, -0.2) is 9.78 Å². The number of rotatable bonds is 4. The maximum absolute atomic E-state index is 13.2. The number of aryl methyl sites for hydroxylation is 1. The van der Waals surface area contributed by atoms with Crippen LogP contribution in [-0.2, 0) is 31.9 Å². The minimum atomic E-state index is -0.373. The van der Waals surface area contributed by atoms with Crippen LogP contribution >= 0.6 is 0 Å². The van der Waals surface area contributed by atoms with Crippen LogP contribution in [0, 0.1) is 0 Å². The summed E-state index contributed by atoms with van der Waals surface area (Å²) < 4.78 is 10.5. The zero-order valence-corrected chi connectivity index (χ0v) is 19.5. The Morgan fingerprint density at radius 2 is 1.64 bits per heavy atom. The van der Waals surface area contributed by atoms with Gasteiger partial charge in [-0.1, -0.05) is 42.5 Å². The first-order valence-corrected chi connectivity index (χ1v) is 11.3. The molecule has 0 unspecified atom stereocenters. The van der Waals surface area contributed by atoms with E-state index >= 15 is 0 Å². The van der Waals surface area contributed by atoms with E-state index < -0.39 is 0 Å². The second-order valence-electron chi connectivity index (χ2n) is 9.08. The average Bonchev–Trinajstić information content (AvgIpc) is 3.13. The predicted molar refractivity (Wildman–Crippen MR) is 129 cm³/mol. The Hall–Kier alpha value is -3.23. The highest BCUT2D eigenvalue weighted by molar-refractivity contribution is 5.85. The van der Waals surface area contributed by atoms with Gasteiger partial charge in [0.05, 0.1) is 25.3 Å². The molecule has 1 aliphatic heterocycles. The van der Waals surface area contributed by atoms with Crippen molar-refractivity contribution in [3.63, 3.8) is 0 Å².